The van der Waals surface area contributed by atoms with Gasteiger partial charge in [0.05, 0.1) is 5.56 Å². The molecule has 0 N–H and O–H groups in total. The molecule has 0 saturated heterocycles. The Bertz CT molecular complexity index is 363. The van der Waals surface area contributed by atoms with Crippen molar-refractivity contribution in [2.24, 2.45) is 0 Å². The number of hydrogen-bond acceptors (Lipinski definition) is 1. The second kappa shape index (κ2) is 4.25. The second-order valence-corrected chi connectivity index (χ2v) is 3.73. The second-order valence-electron chi connectivity index (χ2n) is 2.88. The molecule has 0 bridgehead atoms. The molecule has 2 heteroatoms. The van der Waals surface area contributed by atoms with Crippen LogP contribution in [0, 0.1) is 11.3 Å². The minimum Gasteiger partial charge on any atom is -0.192 e. The van der Waals surface area contributed by atoms with E-state index in [0.29, 0.717) is 11.5 Å². The van der Waals surface area contributed by atoms with Crippen LogP contribution in [0.1, 0.15) is 24.0 Å². The van der Waals surface area contributed by atoms with Gasteiger partial charge in [0.1, 0.15) is 6.07 Å². The van der Waals surface area contributed by atoms with E-state index in [2.05, 4.69) is 35.5 Å². The SMILES string of the molecule is C=CC(C)c1ccc(C#N)c(Br)c1. The lowest BCUT2D eigenvalue weighted by Gasteiger charge is -2.06. The third-order valence-corrected chi connectivity index (χ3v) is 2.65. The van der Waals surface area contributed by atoms with Crippen molar-refractivity contribution in [3.05, 3.63) is 46.5 Å². The van der Waals surface area contributed by atoms with E-state index in [4.69, 9.17) is 5.26 Å². The summed E-state index contributed by atoms with van der Waals surface area (Å²) in [5, 5.41) is 8.70. The molecule has 66 valence electrons. The van der Waals surface area contributed by atoms with Gasteiger partial charge in [-0.15, -0.1) is 6.58 Å². The van der Waals surface area contributed by atoms with Crippen LogP contribution >= 0.6 is 15.9 Å². The Morgan fingerprint density at radius 3 is 2.77 bits per heavy atom. The van der Waals surface area contributed by atoms with Gasteiger partial charge < -0.3 is 0 Å². The molecular weight excluding hydrogens is 226 g/mol. The van der Waals surface area contributed by atoms with Crippen molar-refractivity contribution in [3.8, 4) is 6.07 Å². The number of halogens is 1. The van der Waals surface area contributed by atoms with E-state index in [-0.39, 0.29) is 0 Å². The molecule has 0 spiro atoms. The van der Waals surface area contributed by atoms with Crippen molar-refractivity contribution >= 4 is 15.9 Å². The summed E-state index contributed by atoms with van der Waals surface area (Å²) in [7, 11) is 0. The maximum Gasteiger partial charge on any atom is 0.100 e. The summed E-state index contributed by atoms with van der Waals surface area (Å²) in [6.45, 7) is 5.80. The number of nitriles is 1. The van der Waals surface area contributed by atoms with Crippen LogP contribution in [0.25, 0.3) is 0 Å². The third-order valence-electron chi connectivity index (χ3n) is 1.99. The molecule has 1 nitrogen and oxygen atoms in total. The van der Waals surface area contributed by atoms with Crippen LogP contribution in [0.2, 0.25) is 0 Å². The molecule has 1 aromatic rings. The summed E-state index contributed by atoms with van der Waals surface area (Å²) in [6.07, 6.45) is 1.88. The Balaban J connectivity index is 3.11. The highest BCUT2D eigenvalue weighted by Crippen LogP contribution is 2.23. The van der Waals surface area contributed by atoms with Gasteiger partial charge in [0.2, 0.25) is 0 Å². The maximum absolute atomic E-state index is 8.70. The van der Waals surface area contributed by atoms with Crippen LogP contribution in [0.5, 0.6) is 0 Å². The molecule has 0 radical (unpaired) electrons. The zero-order valence-corrected chi connectivity index (χ0v) is 9.01. The standard InChI is InChI=1S/C11H10BrN/c1-3-8(2)9-4-5-10(7-13)11(12)6-9/h3-6,8H,1H2,2H3. The van der Waals surface area contributed by atoms with Crippen LogP contribution in [0.3, 0.4) is 0 Å². The number of nitrogens with zero attached hydrogens (tertiary/aromatic N) is 1. The van der Waals surface area contributed by atoms with E-state index in [9.17, 15) is 0 Å². The van der Waals surface area contributed by atoms with Crippen LogP contribution in [0.4, 0.5) is 0 Å². The molecule has 0 aromatic heterocycles. The van der Waals surface area contributed by atoms with Crippen molar-refractivity contribution in [2.45, 2.75) is 12.8 Å². The molecule has 0 aliphatic rings. The first-order valence-electron chi connectivity index (χ1n) is 4.01. The summed E-state index contributed by atoms with van der Waals surface area (Å²) in [4.78, 5) is 0. The summed E-state index contributed by atoms with van der Waals surface area (Å²) in [6, 6.07) is 7.84. The fourth-order valence-electron chi connectivity index (χ4n) is 1.04. The van der Waals surface area contributed by atoms with Gasteiger partial charge in [-0.3, -0.25) is 0 Å². The molecule has 1 unspecified atom stereocenters. The monoisotopic (exact) mass is 235 g/mol. The molecule has 0 fully saturated rings. The van der Waals surface area contributed by atoms with Crippen molar-refractivity contribution in [2.75, 3.05) is 0 Å². The van der Waals surface area contributed by atoms with Crippen LogP contribution < -0.4 is 0 Å². The number of allylic oxidation sites excluding steroid dienone is 1. The van der Waals surface area contributed by atoms with E-state index in [1.54, 1.807) is 0 Å². The van der Waals surface area contributed by atoms with E-state index in [1.807, 2.05) is 24.3 Å². The minimum atomic E-state index is 0.323. The maximum atomic E-state index is 8.70. The zero-order chi connectivity index (χ0) is 9.84. The quantitative estimate of drug-likeness (QED) is 0.719. The Morgan fingerprint density at radius 2 is 2.31 bits per heavy atom. The van der Waals surface area contributed by atoms with Crippen molar-refractivity contribution in [3.63, 3.8) is 0 Å². The van der Waals surface area contributed by atoms with E-state index in [0.717, 1.165) is 4.47 Å². The molecule has 1 rings (SSSR count). The molecule has 0 aliphatic heterocycles. The fraction of sp³-hybridized carbons (Fsp3) is 0.182. The number of hydrogen-bond donors (Lipinski definition) is 0. The average molecular weight is 236 g/mol. The normalized spacial score (nSPS) is 11.8. The highest BCUT2D eigenvalue weighted by molar-refractivity contribution is 9.10. The molecule has 1 aromatic carbocycles. The topological polar surface area (TPSA) is 23.8 Å². The van der Waals surface area contributed by atoms with E-state index in [1.165, 1.54) is 5.56 Å². The van der Waals surface area contributed by atoms with Gasteiger partial charge in [-0.25, -0.2) is 0 Å². The largest absolute Gasteiger partial charge is 0.192 e. The molecule has 1 atom stereocenters. The van der Waals surface area contributed by atoms with Crippen LogP contribution in [-0.4, -0.2) is 0 Å². The van der Waals surface area contributed by atoms with Crippen molar-refractivity contribution < 1.29 is 0 Å². The first-order chi connectivity index (χ1) is 6.19. The first kappa shape index (κ1) is 10.0. The lowest BCUT2D eigenvalue weighted by atomic mass is 10.0. The third kappa shape index (κ3) is 2.19. The molecule has 0 amide bonds. The molecular formula is C11H10BrN. The Morgan fingerprint density at radius 1 is 1.62 bits per heavy atom. The van der Waals surface area contributed by atoms with Gasteiger partial charge in [0.15, 0.2) is 0 Å². The molecule has 0 aliphatic carbocycles. The predicted molar refractivity (Wildman–Crippen MR) is 57.5 cm³/mol. The minimum absolute atomic E-state index is 0.323. The highest BCUT2D eigenvalue weighted by atomic mass is 79.9. The predicted octanol–water partition coefficient (Wildman–Crippen LogP) is 3.61. The van der Waals surface area contributed by atoms with Gasteiger partial charge in [0, 0.05) is 4.47 Å². The average Bonchev–Trinajstić information content (AvgIpc) is 2.16. The molecule has 0 heterocycles. The zero-order valence-electron chi connectivity index (χ0n) is 7.42. The van der Waals surface area contributed by atoms with Gasteiger partial charge >= 0.3 is 0 Å². The van der Waals surface area contributed by atoms with Crippen LogP contribution in [-0.2, 0) is 0 Å². The van der Waals surface area contributed by atoms with Crippen molar-refractivity contribution in [1.29, 1.82) is 5.26 Å². The lowest BCUT2D eigenvalue weighted by Crippen LogP contribution is -1.89. The first-order valence-corrected chi connectivity index (χ1v) is 4.80. The smallest absolute Gasteiger partial charge is 0.100 e. The van der Waals surface area contributed by atoms with Crippen LogP contribution in [0.15, 0.2) is 35.3 Å². The fourth-order valence-corrected chi connectivity index (χ4v) is 1.53. The summed E-state index contributed by atoms with van der Waals surface area (Å²) < 4.78 is 0.848. The van der Waals surface area contributed by atoms with Gasteiger partial charge in [-0.05, 0) is 39.5 Å². The Kier molecular flexibility index (Phi) is 3.27. The van der Waals surface area contributed by atoms with Gasteiger partial charge in [-0.2, -0.15) is 5.26 Å². The summed E-state index contributed by atoms with van der Waals surface area (Å²) in [5.74, 6) is 0.323. The summed E-state index contributed by atoms with van der Waals surface area (Å²) >= 11 is 3.35. The molecule has 13 heavy (non-hydrogen) atoms. The lowest BCUT2D eigenvalue weighted by molar-refractivity contribution is 0.969. The van der Waals surface area contributed by atoms with E-state index >= 15 is 0 Å². The Hall–Kier alpha value is -1.07. The van der Waals surface area contributed by atoms with Gasteiger partial charge in [0.25, 0.3) is 0 Å². The van der Waals surface area contributed by atoms with E-state index < -0.39 is 0 Å². The number of benzene rings is 1. The summed E-state index contributed by atoms with van der Waals surface area (Å²) in [5.41, 5.74) is 1.83. The Labute approximate surface area is 86.8 Å². The molecule has 0 saturated carbocycles. The highest BCUT2D eigenvalue weighted by Gasteiger charge is 2.04. The van der Waals surface area contributed by atoms with Crippen molar-refractivity contribution in [1.82, 2.24) is 0 Å². The van der Waals surface area contributed by atoms with Gasteiger partial charge in [-0.1, -0.05) is 19.1 Å². The number of rotatable bonds is 2.